The Kier molecular flexibility index (Phi) is 11.4. The van der Waals surface area contributed by atoms with E-state index in [1.807, 2.05) is 30.3 Å². The van der Waals surface area contributed by atoms with Gasteiger partial charge in [0.2, 0.25) is 0 Å². The molecule has 0 aliphatic rings. The number of nitrogens with zero attached hydrogens (tertiary/aromatic N) is 2. The molecule has 4 N–H and O–H groups in total. The molecule has 0 fully saturated rings. The van der Waals surface area contributed by atoms with Crippen molar-refractivity contribution in [3.05, 3.63) is 116 Å². The molecule has 3 aromatic carbocycles. The molecule has 0 saturated heterocycles. The fraction of sp³-hybridized carbons (Fsp3) is 0.258. The number of para-hydroxylation sites is 1. The van der Waals surface area contributed by atoms with Crippen molar-refractivity contribution in [1.29, 1.82) is 0 Å². The number of halogens is 3. The van der Waals surface area contributed by atoms with Gasteiger partial charge in [-0.25, -0.2) is 14.4 Å². The number of carbonyl (C=O) groups is 3. The number of aliphatic carboxylic acids is 1. The van der Waals surface area contributed by atoms with Crippen LogP contribution in [-0.4, -0.2) is 44.3 Å². The minimum Gasteiger partial charge on any atom is -0.475 e. The van der Waals surface area contributed by atoms with E-state index in [-0.39, 0.29) is 30.1 Å². The van der Waals surface area contributed by atoms with E-state index in [0.717, 1.165) is 11.1 Å². The van der Waals surface area contributed by atoms with E-state index in [9.17, 15) is 32.3 Å². The maximum Gasteiger partial charge on any atom is 0.490 e. The molecular formula is C31H31F3N4O7. The lowest BCUT2D eigenvalue weighted by molar-refractivity contribution is -0.192. The molecule has 0 saturated carbocycles. The number of aryl methyl sites for hydroxylation is 1. The zero-order valence-corrected chi connectivity index (χ0v) is 24.3. The molecular weight excluding hydrogens is 597 g/mol. The van der Waals surface area contributed by atoms with E-state index in [0.29, 0.717) is 17.3 Å². The van der Waals surface area contributed by atoms with E-state index in [1.54, 1.807) is 66.9 Å². The smallest absolute Gasteiger partial charge is 0.475 e. The summed E-state index contributed by atoms with van der Waals surface area (Å²) in [7, 11) is 0. The molecule has 1 unspecified atom stereocenters. The van der Waals surface area contributed by atoms with Crippen LogP contribution in [-0.2, 0) is 33.9 Å². The van der Waals surface area contributed by atoms with E-state index in [4.69, 9.17) is 20.5 Å². The van der Waals surface area contributed by atoms with Crippen LogP contribution < -0.4 is 22.5 Å². The van der Waals surface area contributed by atoms with E-state index in [2.05, 4.69) is 5.48 Å². The van der Waals surface area contributed by atoms with Crippen molar-refractivity contribution in [2.24, 2.45) is 11.7 Å². The van der Waals surface area contributed by atoms with Gasteiger partial charge in [-0.05, 0) is 47.7 Å². The second-order valence-corrected chi connectivity index (χ2v) is 10.2. The third-order valence-corrected chi connectivity index (χ3v) is 6.63. The second-order valence-electron chi connectivity index (χ2n) is 10.2. The SMILES string of the molecule is CC(C)C(N)C(=O)ONC(=O)c1ccc(Cn2c(=O)n(CCc3ccccc3)c(=O)c3ccccc32)cc1.O=C(O)C(F)(F)F. The standard InChI is InChI=1S/C29H30N4O5.C2HF3O2/c1-19(2)25(30)28(36)38-31-26(34)22-14-12-21(13-15-22)18-33-24-11-7-6-10-23(24)27(35)32(29(33)37)17-16-20-8-4-3-5-9-20;3-2(4,5)1(6)7/h3-15,19,25H,16-18,30H2,1-2H3,(H,31,34);(H,6,7). The molecule has 1 aromatic heterocycles. The molecule has 45 heavy (non-hydrogen) atoms. The van der Waals surface area contributed by atoms with E-state index >= 15 is 0 Å². The van der Waals surface area contributed by atoms with Crippen molar-refractivity contribution >= 4 is 28.7 Å². The molecule has 0 bridgehead atoms. The lowest BCUT2D eigenvalue weighted by atomic mass is 10.1. The number of fused-ring (bicyclic) bond motifs is 1. The minimum absolute atomic E-state index is 0.133. The van der Waals surface area contributed by atoms with Crippen LogP contribution in [0, 0.1) is 5.92 Å². The first-order valence-corrected chi connectivity index (χ1v) is 13.6. The third-order valence-electron chi connectivity index (χ3n) is 6.63. The molecule has 0 spiro atoms. The zero-order valence-electron chi connectivity index (χ0n) is 24.3. The van der Waals surface area contributed by atoms with Crippen LogP contribution >= 0.6 is 0 Å². The molecule has 0 aliphatic carbocycles. The third kappa shape index (κ3) is 9.13. The van der Waals surface area contributed by atoms with Gasteiger partial charge in [0, 0.05) is 12.1 Å². The Balaban J connectivity index is 0.000000707. The Hall–Kier alpha value is -5.24. The normalized spacial score (nSPS) is 11.8. The highest BCUT2D eigenvalue weighted by atomic mass is 19.4. The first-order chi connectivity index (χ1) is 21.2. The summed E-state index contributed by atoms with van der Waals surface area (Å²) in [5.41, 5.74) is 9.70. The van der Waals surface area contributed by atoms with Gasteiger partial charge < -0.3 is 15.7 Å². The predicted octanol–water partition coefficient (Wildman–Crippen LogP) is 3.26. The van der Waals surface area contributed by atoms with Gasteiger partial charge in [0.25, 0.3) is 11.5 Å². The summed E-state index contributed by atoms with van der Waals surface area (Å²) < 4.78 is 34.6. The Labute approximate surface area is 254 Å². The number of hydrogen-bond donors (Lipinski definition) is 3. The topological polar surface area (TPSA) is 163 Å². The van der Waals surface area contributed by atoms with Crippen LogP contribution in [0.3, 0.4) is 0 Å². The molecule has 1 atom stereocenters. The summed E-state index contributed by atoms with van der Waals surface area (Å²) in [6.07, 6.45) is -4.54. The number of aromatic nitrogens is 2. The average Bonchev–Trinajstić information content (AvgIpc) is 3.02. The van der Waals surface area contributed by atoms with Crippen molar-refractivity contribution in [3.8, 4) is 0 Å². The summed E-state index contributed by atoms with van der Waals surface area (Å²) >= 11 is 0. The zero-order chi connectivity index (χ0) is 33.3. The van der Waals surface area contributed by atoms with Crippen LogP contribution in [0.25, 0.3) is 10.9 Å². The van der Waals surface area contributed by atoms with Gasteiger partial charge in [0.1, 0.15) is 6.04 Å². The quantitative estimate of drug-likeness (QED) is 0.251. The molecule has 1 amide bonds. The van der Waals surface area contributed by atoms with Gasteiger partial charge in [-0.2, -0.15) is 18.7 Å². The lowest BCUT2D eigenvalue weighted by Crippen LogP contribution is -2.41. The molecule has 14 heteroatoms. The van der Waals surface area contributed by atoms with Gasteiger partial charge in [0.15, 0.2) is 0 Å². The summed E-state index contributed by atoms with van der Waals surface area (Å²) in [6.45, 7) is 4.00. The Morgan fingerprint density at radius 2 is 1.47 bits per heavy atom. The maximum atomic E-state index is 13.5. The molecule has 11 nitrogen and oxygen atoms in total. The fourth-order valence-corrected chi connectivity index (χ4v) is 4.05. The number of carbonyl (C=O) groups excluding carboxylic acids is 2. The van der Waals surface area contributed by atoms with E-state index < -0.39 is 35.8 Å². The molecule has 0 radical (unpaired) electrons. The number of benzene rings is 3. The van der Waals surface area contributed by atoms with Crippen molar-refractivity contribution in [2.45, 2.75) is 45.6 Å². The number of alkyl halides is 3. The molecule has 4 aromatic rings. The summed E-state index contributed by atoms with van der Waals surface area (Å²) in [5.74, 6) is -4.21. The fourth-order valence-electron chi connectivity index (χ4n) is 4.05. The number of nitrogens with two attached hydrogens (primary N) is 1. The minimum atomic E-state index is -5.08. The van der Waals surface area contributed by atoms with Gasteiger partial charge in [0.05, 0.1) is 17.4 Å². The van der Waals surface area contributed by atoms with Crippen LogP contribution in [0.2, 0.25) is 0 Å². The van der Waals surface area contributed by atoms with Crippen LogP contribution in [0.4, 0.5) is 13.2 Å². The predicted molar refractivity (Wildman–Crippen MR) is 158 cm³/mol. The largest absolute Gasteiger partial charge is 0.490 e. The van der Waals surface area contributed by atoms with Crippen molar-refractivity contribution in [3.63, 3.8) is 0 Å². The first-order valence-electron chi connectivity index (χ1n) is 13.6. The summed E-state index contributed by atoms with van der Waals surface area (Å²) in [6, 6.07) is 22.4. The van der Waals surface area contributed by atoms with Crippen molar-refractivity contribution < 1.29 is 37.5 Å². The highest BCUT2D eigenvalue weighted by molar-refractivity contribution is 5.94. The average molecular weight is 629 g/mol. The Morgan fingerprint density at radius 3 is 2.04 bits per heavy atom. The number of rotatable bonds is 8. The highest BCUT2D eigenvalue weighted by Crippen LogP contribution is 2.14. The molecule has 0 aliphatic heterocycles. The van der Waals surface area contributed by atoms with E-state index in [1.165, 1.54) is 4.57 Å². The van der Waals surface area contributed by atoms with Gasteiger partial charge in [-0.1, -0.05) is 68.4 Å². The van der Waals surface area contributed by atoms with Gasteiger partial charge in [-0.3, -0.25) is 18.7 Å². The van der Waals surface area contributed by atoms with Crippen molar-refractivity contribution in [1.82, 2.24) is 14.6 Å². The number of amides is 1. The number of carboxylic acid groups (broad SMARTS) is 1. The molecule has 4 rings (SSSR count). The second kappa shape index (κ2) is 15.0. The van der Waals surface area contributed by atoms with Crippen LogP contribution in [0.1, 0.15) is 35.3 Å². The number of carboxylic acids is 1. The lowest BCUT2D eigenvalue weighted by Gasteiger charge is -2.15. The van der Waals surface area contributed by atoms with Gasteiger partial charge in [-0.15, -0.1) is 0 Å². The number of hydrogen-bond acceptors (Lipinski definition) is 7. The van der Waals surface area contributed by atoms with Crippen molar-refractivity contribution in [2.75, 3.05) is 0 Å². The summed E-state index contributed by atoms with van der Waals surface area (Å²) in [4.78, 5) is 64.6. The summed E-state index contributed by atoms with van der Waals surface area (Å²) in [5, 5.41) is 7.58. The van der Waals surface area contributed by atoms with Gasteiger partial charge >= 0.3 is 23.8 Å². The monoisotopic (exact) mass is 628 g/mol. The molecule has 1 heterocycles. The first kappa shape index (κ1) is 34.3. The van der Waals surface area contributed by atoms with Crippen LogP contribution in [0.5, 0.6) is 0 Å². The highest BCUT2D eigenvalue weighted by Gasteiger charge is 2.38. The number of nitrogens with one attached hydrogen (secondary N) is 1. The molecule has 238 valence electrons. The Morgan fingerprint density at radius 1 is 0.889 bits per heavy atom. The van der Waals surface area contributed by atoms with Crippen LogP contribution in [0.15, 0.2) is 88.5 Å². The maximum absolute atomic E-state index is 13.5. The number of hydroxylamine groups is 1. The Bertz CT molecular complexity index is 1770.